The Labute approximate surface area is 194 Å². The van der Waals surface area contributed by atoms with Gasteiger partial charge in [0.05, 0.1) is 5.56 Å². The van der Waals surface area contributed by atoms with Gasteiger partial charge >= 0.3 is 6.18 Å². The molecule has 1 atom stereocenters. The SMILES string of the molecule is O=C([C@@H]1CCCN1c1ccc2nnc(Br)n2n1)N1CCN(c2ncc(C(F)(F)F)cn2)CC1. The third-order valence-electron chi connectivity index (χ3n) is 5.88. The van der Waals surface area contributed by atoms with Crippen molar-refractivity contribution in [3.05, 3.63) is 34.8 Å². The fraction of sp³-hybridized carbons (Fsp3) is 0.474. The second-order valence-electron chi connectivity index (χ2n) is 7.86. The van der Waals surface area contributed by atoms with Crippen molar-refractivity contribution < 1.29 is 18.0 Å². The zero-order chi connectivity index (χ0) is 23.2. The molecule has 0 aliphatic carbocycles. The number of amides is 1. The van der Waals surface area contributed by atoms with E-state index in [1.54, 1.807) is 14.3 Å². The van der Waals surface area contributed by atoms with Crippen LogP contribution in [0.25, 0.3) is 5.65 Å². The Kier molecular flexibility index (Phi) is 5.54. The number of aromatic nitrogens is 6. The fourth-order valence-corrected chi connectivity index (χ4v) is 4.51. The van der Waals surface area contributed by atoms with Crippen LogP contribution in [-0.4, -0.2) is 79.4 Å². The summed E-state index contributed by atoms with van der Waals surface area (Å²) in [5, 5.41) is 12.5. The van der Waals surface area contributed by atoms with Crippen LogP contribution in [0.2, 0.25) is 0 Å². The molecule has 5 rings (SSSR count). The van der Waals surface area contributed by atoms with E-state index in [1.165, 1.54) is 0 Å². The Morgan fingerprint density at radius 1 is 1.03 bits per heavy atom. The number of piperazine rings is 1. The Morgan fingerprint density at radius 3 is 2.45 bits per heavy atom. The van der Waals surface area contributed by atoms with Crippen LogP contribution in [0.3, 0.4) is 0 Å². The number of hydrogen-bond donors (Lipinski definition) is 0. The van der Waals surface area contributed by atoms with Gasteiger partial charge in [0.1, 0.15) is 11.9 Å². The maximum atomic E-state index is 13.3. The van der Waals surface area contributed by atoms with Crippen molar-refractivity contribution in [1.29, 1.82) is 0 Å². The summed E-state index contributed by atoms with van der Waals surface area (Å²) in [4.78, 5) is 26.6. The monoisotopic (exact) mass is 525 g/mol. The van der Waals surface area contributed by atoms with E-state index >= 15 is 0 Å². The molecule has 0 bridgehead atoms. The lowest BCUT2D eigenvalue weighted by Gasteiger charge is -2.37. The minimum atomic E-state index is -4.47. The van der Waals surface area contributed by atoms with Gasteiger partial charge in [0.2, 0.25) is 16.6 Å². The summed E-state index contributed by atoms with van der Waals surface area (Å²) in [5.74, 6) is 0.926. The summed E-state index contributed by atoms with van der Waals surface area (Å²) >= 11 is 3.32. The molecule has 3 aromatic heterocycles. The molecule has 0 N–H and O–H groups in total. The Hall–Kier alpha value is -3.03. The van der Waals surface area contributed by atoms with Gasteiger partial charge in [0.25, 0.3) is 0 Å². The van der Waals surface area contributed by atoms with Crippen LogP contribution in [0.4, 0.5) is 24.9 Å². The quantitative estimate of drug-likeness (QED) is 0.512. The van der Waals surface area contributed by atoms with Crippen LogP contribution >= 0.6 is 15.9 Å². The summed E-state index contributed by atoms with van der Waals surface area (Å²) in [7, 11) is 0. The van der Waals surface area contributed by atoms with E-state index in [-0.39, 0.29) is 17.9 Å². The normalized spacial score (nSPS) is 19.5. The molecule has 2 saturated heterocycles. The lowest BCUT2D eigenvalue weighted by molar-refractivity contribution is -0.138. The molecule has 2 aliphatic rings. The third-order valence-corrected chi connectivity index (χ3v) is 6.38. The lowest BCUT2D eigenvalue weighted by Crippen LogP contribution is -2.54. The predicted molar refractivity (Wildman–Crippen MR) is 115 cm³/mol. The van der Waals surface area contributed by atoms with Gasteiger partial charge in [-0.3, -0.25) is 4.79 Å². The number of alkyl halides is 3. The van der Waals surface area contributed by atoms with Crippen LogP contribution in [0.15, 0.2) is 29.3 Å². The van der Waals surface area contributed by atoms with E-state index in [1.807, 2.05) is 17.0 Å². The molecular weight excluding hydrogens is 507 g/mol. The first kappa shape index (κ1) is 21.8. The molecule has 14 heteroatoms. The number of anilines is 2. The van der Waals surface area contributed by atoms with Crippen molar-refractivity contribution >= 4 is 39.3 Å². The minimum Gasteiger partial charge on any atom is -0.343 e. The number of halogens is 4. The fourth-order valence-electron chi connectivity index (χ4n) is 4.17. The molecule has 0 unspecified atom stereocenters. The van der Waals surface area contributed by atoms with Crippen LogP contribution in [0.5, 0.6) is 0 Å². The Bertz CT molecular complexity index is 1160. The molecule has 0 aromatic carbocycles. The Morgan fingerprint density at radius 2 is 1.76 bits per heavy atom. The van der Waals surface area contributed by atoms with Gasteiger partial charge in [-0.1, -0.05) is 0 Å². The van der Waals surface area contributed by atoms with Gasteiger partial charge in [0.15, 0.2) is 5.65 Å². The van der Waals surface area contributed by atoms with Crippen molar-refractivity contribution in [1.82, 2.24) is 34.7 Å². The van der Waals surface area contributed by atoms with Gasteiger partial charge in [0, 0.05) is 45.1 Å². The molecule has 5 heterocycles. The first-order valence-corrected chi connectivity index (χ1v) is 11.2. The van der Waals surface area contributed by atoms with Crippen molar-refractivity contribution in [3.8, 4) is 0 Å². The smallest absolute Gasteiger partial charge is 0.343 e. The highest BCUT2D eigenvalue weighted by atomic mass is 79.9. The zero-order valence-corrected chi connectivity index (χ0v) is 18.9. The van der Waals surface area contributed by atoms with Crippen LogP contribution in [0, 0.1) is 0 Å². The van der Waals surface area contributed by atoms with E-state index in [2.05, 4.69) is 41.2 Å². The highest BCUT2D eigenvalue weighted by Crippen LogP contribution is 2.29. The molecular formula is C19H19BrF3N9O. The molecule has 1 amide bonds. The second-order valence-corrected chi connectivity index (χ2v) is 8.57. The minimum absolute atomic E-state index is 0.0187. The Balaban J connectivity index is 1.25. The van der Waals surface area contributed by atoms with E-state index in [0.29, 0.717) is 48.9 Å². The molecule has 174 valence electrons. The van der Waals surface area contributed by atoms with E-state index in [9.17, 15) is 18.0 Å². The largest absolute Gasteiger partial charge is 0.419 e. The molecule has 0 saturated carbocycles. The van der Waals surface area contributed by atoms with Crippen molar-refractivity contribution in [3.63, 3.8) is 0 Å². The van der Waals surface area contributed by atoms with Crippen LogP contribution in [0.1, 0.15) is 18.4 Å². The zero-order valence-electron chi connectivity index (χ0n) is 17.3. The maximum Gasteiger partial charge on any atom is 0.419 e. The lowest BCUT2D eigenvalue weighted by atomic mass is 10.1. The summed E-state index contributed by atoms with van der Waals surface area (Å²) < 4.78 is 40.3. The first-order chi connectivity index (χ1) is 15.8. The molecule has 2 aliphatic heterocycles. The predicted octanol–water partition coefficient (Wildman–Crippen LogP) is 2.01. The number of carbonyl (C=O) groups is 1. The molecule has 10 nitrogen and oxygen atoms in total. The van der Waals surface area contributed by atoms with Crippen molar-refractivity contribution in [2.75, 3.05) is 42.5 Å². The van der Waals surface area contributed by atoms with Gasteiger partial charge in [-0.15, -0.1) is 15.3 Å². The van der Waals surface area contributed by atoms with Crippen LogP contribution in [-0.2, 0) is 11.0 Å². The summed E-state index contributed by atoms with van der Waals surface area (Å²) in [6.45, 7) is 2.49. The van der Waals surface area contributed by atoms with E-state index in [4.69, 9.17) is 0 Å². The standard InChI is InChI=1S/C19H19BrF3N9O/c20-17-27-26-14-3-4-15(28-32(14)17)31-5-1-2-13(31)16(33)29-6-8-30(9-7-29)18-24-10-12(11-25-18)19(21,22)23/h3-4,10-11,13H,1-2,5-9H2/t13-/m0/s1. The van der Waals surface area contributed by atoms with E-state index in [0.717, 1.165) is 25.2 Å². The molecule has 2 fully saturated rings. The maximum absolute atomic E-state index is 13.3. The summed E-state index contributed by atoms with van der Waals surface area (Å²) in [6, 6.07) is 3.32. The van der Waals surface area contributed by atoms with Crippen molar-refractivity contribution in [2.24, 2.45) is 0 Å². The van der Waals surface area contributed by atoms with Gasteiger partial charge in [-0.25, -0.2) is 9.97 Å². The molecule has 0 spiro atoms. The summed E-state index contributed by atoms with van der Waals surface area (Å²) in [6.07, 6.45) is -1.30. The molecule has 33 heavy (non-hydrogen) atoms. The molecule has 3 aromatic rings. The van der Waals surface area contributed by atoms with Gasteiger partial charge in [-0.05, 0) is 40.9 Å². The van der Waals surface area contributed by atoms with Gasteiger partial charge in [-0.2, -0.15) is 17.7 Å². The topological polar surface area (TPSA) is 95.6 Å². The van der Waals surface area contributed by atoms with Crippen LogP contribution < -0.4 is 9.80 Å². The average Bonchev–Trinajstić information content (AvgIpc) is 3.45. The molecule has 0 radical (unpaired) electrons. The van der Waals surface area contributed by atoms with Crippen molar-refractivity contribution in [2.45, 2.75) is 25.1 Å². The van der Waals surface area contributed by atoms with Gasteiger partial charge < -0.3 is 14.7 Å². The number of nitrogens with zero attached hydrogens (tertiary/aromatic N) is 9. The summed E-state index contributed by atoms with van der Waals surface area (Å²) in [5.41, 5.74) is -0.277. The highest BCUT2D eigenvalue weighted by molar-refractivity contribution is 9.10. The number of carbonyl (C=O) groups excluding carboxylic acids is 1. The number of hydrogen-bond acceptors (Lipinski definition) is 8. The third kappa shape index (κ3) is 4.18. The van der Waals surface area contributed by atoms with E-state index < -0.39 is 11.7 Å². The second kappa shape index (κ2) is 8.39. The first-order valence-electron chi connectivity index (χ1n) is 10.4. The number of fused-ring (bicyclic) bond motifs is 1. The number of rotatable bonds is 3. The highest BCUT2D eigenvalue weighted by Gasteiger charge is 2.36. The average molecular weight is 526 g/mol.